The molecule has 4 amide bonds. The molecule has 0 saturated carbocycles. The van der Waals surface area contributed by atoms with E-state index in [1.54, 1.807) is 0 Å². The molecular formula is C18H34N6O6S. The maximum absolute atomic E-state index is 12.5. The Morgan fingerprint density at radius 1 is 0.806 bits per heavy atom. The van der Waals surface area contributed by atoms with Crippen molar-refractivity contribution in [1.29, 1.82) is 0 Å². The highest BCUT2D eigenvalue weighted by Crippen LogP contribution is 2.03. The number of hydrogen-bond acceptors (Lipinski definition) is 8. The number of amides is 4. The number of carbonyl (C=O) groups is 5. The van der Waals surface area contributed by atoms with E-state index in [0.717, 1.165) is 0 Å². The zero-order valence-corrected chi connectivity index (χ0v) is 18.9. The lowest BCUT2D eigenvalue weighted by atomic mass is 10.1. The van der Waals surface area contributed by atoms with Crippen LogP contribution in [0.15, 0.2) is 0 Å². The molecule has 0 fully saturated rings. The predicted molar refractivity (Wildman–Crippen MR) is 117 cm³/mol. The SMILES string of the molecule is C[C@H](N)C(=O)N[C@@H](C)C(=O)N[C@@H](C)C(=O)N[C@@H](CCCCN)C(=O)N[C@@H](CS)C(=O)O. The Bertz CT molecular complexity index is 647. The van der Waals surface area contributed by atoms with Crippen LogP contribution in [0.2, 0.25) is 0 Å². The molecule has 0 aromatic rings. The molecule has 0 aromatic heterocycles. The average Bonchev–Trinajstić information content (AvgIpc) is 2.70. The number of nitrogens with one attached hydrogen (secondary N) is 4. The van der Waals surface area contributed by atoms with Crippen LogP contribution in [0.4, 0.5) is 0 Å². The lowest BCUT2D eigenvalue weighted by molar-refractivity contribution is -0.141. The van der Waals surface area contributed by atoms with Gasteiger partial charge in [-0.3, -0.25) is 19.2 Å². The first-order chi connectivity index (χ1) is 14.4. The second kappa shape index (κ2) is 14.6. The van der Waals surface area contributed by atoms with Gasteiger partial charge in [-0.1, -0.05) is 0 Å². The Labute approximate surface area is 187 Å². The summed E-state index contributed by atoms with van der Waals surface area (Å²) in [6.45, 7) is 4.71. The molecule has 0 aliphatic heterocycles. The minimum Gasteiger partial charge on any atom is -0.480 e. The summed E-state index contributed by atoms with van der Waals surface area (Å²) in [6.07, 6.45) is 1.36. The maximum Gasteiger partial charge on any atom is 0.327 e. The third kappa shape index (κ3) is 11.0. The van der Waals surface area contributed by atoms with Gasteiger partial charge in [0.05, 0.1) is 6.04 Å². The molecule has 5 atom stereocenters. The van der Waals surface area contributed by atoms with Gasteiger partial charge >= 0.3 is 5.97 Å². The van der Waals surface area contributed by atoms with Gasteiger partial charge in [0.1, 0.15) is 24.2 Å². The van der Waals surface area contributed by atoms with Gasteiger partial charge in [0.25, 0.3) is 0 Å². The fourth-order valence-electron chi connectivity index (χ4n) is 2.33. The van der Waals surface area contributed by atoms with Crippen molar-refractivity contribution >= 4 is 42.2 Å². The number of carbonyl (C=O) groups excluding carboxylic acids is 4. The molecular weight excluding hydrogens is 428 g/mol. The van der Waals surface area contributed by atoms with Gasteiger partial charge in [0, 0.05) is 5.75 Å². The highest BCUT2D eigenvalue weighted by atomic mass is 32.1. The van der Waals surface area contributed by atoms with Crippen LogP contribution in [-0.2, 0) is 24.0 Å². The van der Waals surface area contributed by atoms with Gasteiger partial charge < -0.3 is 37.8 Å². The molecule has 0 spiro atoms. The minimum atomic E-state index is -1.25. The molecule has 0 aliphatic rings. The number of carboxylic acids is 1. The summed E-state index contributed by atoms with van der Waals surface area (Å²) in [7, 11) is 0. The van der Waals surface area contributed by atoms with Gasteiger partial charge in [-0.15, -0.1) is 0 Å². The molecule has 0 bridgehead atoms. The monoisotopic (exact) mass is 462 g/mol. The standard InChI is InChI=1S/C18H34N6O6S/c1-9(20)14(25)21-10(2)15(26)22-11(3)16(27)23-12(6-4-5-7-19)17(28)24-13(8-31)18(29)30/h9-13,31H,4-8,19-20H2,1-3H3,(H,21,25)(H,22,26)(H,23,27)(H,24,28)(H,29,30)/t9-,10-,11-,12-,13-/m0/s1. The third-order valence-corrected chi connectivity index (χ3v) is 4.66. The number of unbranched alkanes of at least 4 members (excludes halogenated alkanes) is 1. The van der Waals surface area contributed by atoms with Gasteiger partial charge in [0.15, 0.2) is 0 Å². The Hall–Kier alpha value is -2.38. The summed E-state index contributed by atoms with van der Waals surface area (Å²) in [5.74, 6) is -3.83. The molecule has 12 nitrogen and oxygen atoms in total. The van der Waals surface area contributed by atoms with Crippen LogP contribution in [-0.4, -0.2) is 77.2 Å². The number of carboxylic acid groups (broad SMARTS) is 1. The maximum atomic E-state index is 12.5. The average molecular weight is 463 g/mol. The molecule has 178 valence electrons. The van der Waals surface area contributed by atoms with Gasteiger partial charge in [-0.25, -0.2) is 4.79 Å². The smallest absolute Gasteiger partial charge is 0.327 e. The van der Waals surface area contributed by atoms with Gasteiger partial charge in [0.2, 0.25) is 23.6 Å². The zero-order chi connectivity index (χ0) is 24.1. The lowest BCUT2D eigenvalue weighted by Gasteiger charge is -2.23. The molecule has 0 unspecified atom stereocenters. The van der Waals surface area contributed by atoms with Crippen molar-refractivity contribution in [2.45, 2.75) is 70.2 Å². The highest BCUT2D eigenvalue weighted by Gasteiger charge is 2.28. The van der Waals surface area contributed by atoms with E-state index < -0.39 is 59.8 Å². The molecule has 0 heterocycles. The largest absolute Gasteiger partial charge is 0.480 e. The van der Waals surface area contributed by atoms with E-state index in [2.05, 4.69) is 33.9 Å². The van der Waals surface area contributed by atoms with E-state index in [-0.39, 0.29) is 12.2 Å². The van der Waals surface area contributed by atoms with Crippen LogP contribution in [0.25, 0.3) is 0 Å². The van der Waals surface area contributed by atoms with Crippen LogP contribution in [0.5, 0.6) is 0 Å². The molecule has 0 aromatic carbocycles. The Morgan fingerprint density at radius 2 is 1.29 bits per heavy atom. The van der Waals surface area contributed by atoms with E-state index in [9.17, 15) is 24.0 Å². The molecule has 31 heavy (non-hydrogen) atoms. The van der Waals surface area contributed by atoms with E-state index in [0.29, 0.717) is 19.4 Å². The van der Waals surface area contributed by atoms with Gasteiger partial charge in [-0.2, -0.15) is 12.6 Å². The third-order valence-electron chi connectivity index (χ3n) is 4.29. The normalized spacial score (nSPS) is 15.5. The summed E-state index contributed by atoms with van der Waals surface area (Å²) in [4.78, 5) is 59.9. The topological polar surface area (TPSA) is 206 Å². The zero-order valence-electron chi connectivity index (χ0n) is 18.0. The summed E-state index contributed by atoms with van der Waals surface area (Å²) in [5, 5.41) is 18.8. The fourth-order valence-corrected chi connectivity index (χ4v) is 2.58. The summed E-state index contributed by atoms with van der Waals surface area (Å²) < 4.78 is 0. The van der Waals surface area contributed by atoms with Crippen LogP contribution >= 0.6 is 12.6 Å². The first-order valence-corrected chi connectivity index (χ1v) is 10.6. The van der Waals surface area contributed by atoms with E-state index in [4.69, 9.17) is 16.6 Å². The van der Waals surface area contributed by atoms with Crippen LogP contribution in [0.3, 0.4) is 0 Å². The molecule has 0 rings (SSSR count). The van der Waals surface area contributed by atoms with Crippen molar-refractivity contribution in [3.63, 3.8) is 0 Å². The minimum absolute atomic E-state index is 0.123. The van der Waals surface area contributed by atoms with E-state index in [1.807, 2.05) is 0 Å². The predicted octanol–water partition coefficient (Wildman–Crippen LogP) is -2.54. The van der Waals surface area contributed by atoms with Gasteiger partial charge in [-0.05, 0) is 46.6 Å². The number of nitrogens with two attached hydrogens (primary N) is 2. The van der Waals surface area contributed by atoms with Crippen LogP contribution in [0, 0.1) is 0 Å². The second-order valence-electron chi connectivity index (χ2n) is 7.18. The van der Waals surface area contributed by atoms with Crippen molar-refractivity contribution in [3.8, 4) is 0 Å². The quantitative estimate of drug-likeness (QED) is 0.102. The summed E-state index contributed by atoms with van der Waals surface area (Å²) in [5.41, 5.74) is 10.9. The first kappa shape index (κ1) is 28.6. The number of hydrogen-bond donors (Lipinski definition) is 8. The van der Waals surface area contributed by atoms with Crippen molar-refractivity contribution < 1.29 is 29.1 Å². The fraction of sp³-hybridized carbons (Fsp3) is 0.722. The molecule has 0 saturated heterocycles. The molecule has 0 radical (unpaired) electrons. The second-order valence-corrected chi connectivity index (χ2v) is 7.54. The lowest BCUT2D eigenvalue weighted by Crippen LogP contribution is -2.57. The Kier molecular flexibility index (Phi) is 13.5. The number of thiol groups is 1. The van der Waals surface area contributed by atoms with E-state index >= 15 is 0 Å². The molecule has 0 aliphatic carbocycles. The summed E-state index contributed by atoms with van der Waals surface area (Å²) >= 11 is 3.89. The summed E-state index contributed by atoms with van der Waals surface area (Å²) in [6, 6.07) is -4.97. The molecule has 13 heteroatoms. The highest BCUT2D eigenvalue weighted by molar-refractivity contribution is 7.80. The van der Waals surface area contributed by atoms with Crippen molar-refractivity contribution in [1.82, 2.24) is 21.3 Å². The van der Waals surface area contributed by atoms with E-state index in [1.165, 1.54) is 20.8 Å². The van der Waals surface area contributed by atoms with Crippen LogP contribution < -0.4 is 32.7 Å². The Balaban J connectivity index is 5.02. The first-order valence-electron chi connectivity index (χ1n) is 9.95. The van der Waals surface area contributed by atoms with Crippen molar-refractivity contribution in [3.05, 3.63) is 0 Å². The van der Waals surface area contributed by atoms with Crippen LogP contribution in [0.1, 0.15) is 40.0 Å². The molecule has 9 N–H and O–H groups in total. The number of rotatable bonds is 14. The number of aliphatic carboxylic acids is 1. The van der Waals surface area contributed by atoms with Crippen molar-refractivity contribution in [2.75, 3.05) is 12.3 Å². The Morgan fingerprint density at radius 3 is 1.74 bits per heavy atom. The van der Waals surface area contributed by atoms with Crippen molar-refractivity contribution in [2.24, 2.45) is 11.5 Å².